The Kier molecular flexibility index (Phi) is 3.51. The van der Waals surface area contributed by atoms with Crippen LogP contribution in [0, 0.1) is 0 Å². The van der Waals surface area contributed by atoms with Gasteiger partial charge in [0.1, 0.15) is 17.3 Å². The van der Waals surface area contributed by atoms with Crippen LogP contribution >= 0.6 is 0 Å². The second kappa shape index (κ2) is 5.36. The Balaban J connectivity index is 1.84. The number of halogens is 3. The zero-order chi connectivity index (χ0) is 15.7. The Morgan fingerprint density at radius 3 is 2.50 bits per heavy atom. The molecule has 8 heteroatoms. The van der Waals surface area contributed by atoms with Crippen LogP contribution in [0.3, 0.4) is 0 Å². The van der Waals surface area contributed by atoms with Crippen molar-refractivity contribution in [3.63, 3.8) is 0 Å². The first-order valence-electron chi connectivity index (χ1n) is 6.60. The van der Waals surface area contributed by atoms with E-state index >= 15 is 0 Å². The van der Waals surface area contributed by atoms with E-state index in [9.17, 15) is 18.3 Å². The Bertz CT molecular complexity index is 670. The van der Waals surface area contributed by atoms with E-state index in [4.69, 9.17) is 0 Å². The minimum absolute atomic E-state index is 0.118. The van der Waals surface area contributed by atoms with Crippen LogP contribution in [-0.4, -0.2) is 27.7 Å². The van der Waals surface area contributed by atoms with Gasteiger partial charge in [-0.3, -0.25) is 0 Å². The molecule has 1 heterocycles. The molecule has 5 nitrogen and oxygen atoms in total. The molecule has 1 fully saturated rings. The third kappa shape index (κ3) is 3.57. The molecule has 2 aromatic rings. The van der Waals surface area contributed by atoms with Crippen molar-refractivity contribution in [2.75, 3.05) is 5.32 Å². The second-order valence-electron chi connectivity index (χ2n) is 4.95. The molecule has 1 aliphatic rings. The standard InChI is InChI=1S/C14H12F3N3O2/c15-14(16,17)22-9-3-5-12(21)10(7-9)11-4-6-13(20-19-11)18-8-1-2-8/h3-8,21H,1-2H2,(H,18,20). The predicted molar refractivity (Wildman–Crippen MR) is 72.5 cm³/mol. The Morgan fingerprint density at radius 2 is 1.91 bits per heavy atom. The van der Waals surface area contributed by atoms with Crippen LogP contribution in [0.25, 0.3) is 11.3 Å². The number of anilines is 1. The number of phenolic OH excluding ortho intramolecular Hbond substituents is 1. The molecule has 1 aliphatic carbocycles. The number of hydrogen-bond donors (Lipinski definition) is 2. The number of nitrogens with one attached hydrogen (secondary N) is 1. The molecule has 0 bridgehead atoms. The summed E-state index contributed by atoms with van der Waals surface area (Å²) >= 11 is 0. The average molecular weight is 311 g/mol. The van der Waals surface area contributed by atoms with Crippen LogP contribution in [0.2, 0.25) is 0 Å². The number of aromatic hydroxyl groups is 1. The number of nitrogens with zero attached hydrogens (tertiary/aromatic N) is 2. The van der Waals surface area contributed by atoms with Crippen LogP contribution in [0.4, 0.5) is 19.0 Å². The molecular formula is C14H12F3N3O2. The Labute approximate surface area is 123 Å². The highest BCUT2D eigenvalue weighted by Gasteiger charge is 2.31. The highest BCUT2D eigenvalue weighted by molar-refractivity contribution is 5.68. The van der Waals surface area contributed by atoms with Gasteiger partial charge in [0.15, 0.2) is 0 Å². The molecule has 1 aromatic carbocycles. The van der Waals surface area contributed by atoms with Crippen molar-refractivity contribution < 1.29 is 23.0 Å². The van der Waals surface area contributed by atoms with Crippen molar-refractivity contribution >= 4 is 5.82 Å². The Morgan fingerprint density at radius 1 is 1.14 bits per heavy atom. The zero-order valence-electron chi connectivity index (χ0n) is 11.3. The quantitative estimate of drug-likeness (QED) is 0.906. The lowest BCUT2D eigenvalue weighted by molar-refractivity contribution is -0.274. The first-order chi connectivity index (χ1) is 10.4. The number of phenols is 1. The van der Waals surface area contributed by atoms with E-state index in [1.165, 1.54) is 0 Å². The van der Waals surface area contributed by atoms with Gasteiger partial charge >= 0.3 is 6.36 Å². The molecule has 0 saturated heterocycles. The maximum absolute atomic E-state index is 12.2. The fourth-order valence-corrected chi connectivity index (χ4v) is 1.91. The number of rotatable bonds is 4. The smallest absolute Gasteiger partial charge is 0.507 e. The minimum atomic E-state index is -4.79. The van der Waals surface area contributed by atoms with Crippen LogP contribution in [0.15, 0.2) is 30.3 Å². The summed E-state index contributed by atoms with van der Waals surface area (Å²) in [5.41, 5.74) is 0.374. The summed E-state index contributed by atoms with van der Waals surface area (Å²) in [5.74, 6) is -0.0394. The summed E-state index contributed by atoms with van der Waals surface area (Å²) in [6.45, 7) is 0. The molecule has 0 unspecified atom stereocenters. The number of alkyl halides is 3. The number of ether oxygens (including phenoxy) is 1. The van der Waals surface area contributed by atoms with Crippen LogP contribution < -0.4 is 10.1 Å². The molecule has 22 heavy (non-hydrogen) atoms. The van der Waals surface area contributed by atoms with E-state index in [2.05, 4.69) is 20.3 Å². The summed E-state index contributed by atoms with van der Waals surface area (Å²) in [7, 11) is 0. The highest BCUT2D eigenvalue weighted by Crippen LogP contribution is 2.33. The lowest BCUT2D eigenvalue weighted by Crippen LogP contribution is -2.17. The van der Waals surface area contributed by atoms with Crippen molar-refractivity contribution in [3.8, 4) is 22.8 Å². The fourth-order valence-electron chi connectivity index (χ4n) is 1.91. The third-order valence-corrected chi connectivity index (χ3v) is 3.07. The fraction of sp³-hybridized carbons (Fsp3) is 0.286. The van der Waals surface area contributed by atoms with Crippen LogP contribution in [-0.2, 0) is 0 Å². The van der Waals surface area contributed by atoms with Gasteiger partial charge in [-0.15, -0.1) is 23.4 Å². The second-order valence-corrected chi connectivity index (χ2v) is 4.95. The van der Waals surface area contributed by atoms with E-state index in [0.717, 1.165) is 31.0 Å². The first-order valence-corrected chi connectivity index (χ1v) is 6.60. The van der Waals surface area contributed by atoms with E-state index < -0.39 is 12.1 Å². The maximum Gasteiger partial charge on any atom is 0.573 e. The Hall–Kier alpha value is -2.51. The molecule has 3 rings (SSSR count). The maximum atomic E-state index is 12.2. The van der Waals surface area contributed by atoms with E-state index in [0.29, 0.717) is 11.9 Å². The van der Waals surface area contributed by atoms with E-state index in [1.54, 1.807) is 12.1 Å². The van der Waals surface area contributed by atoms with Gasteiger partial charge in [-0.2, -0.15) is 0 Å². The van der Waals surface area contributed by atoms with Gasteiger partial charge in [0, 0.05) is 11.6 Å². The van der Waals surface area contributed by atoms with Crippen molar-refractivity contribution in [3.05, 3.63) is 30.3 Å². The zero-order valence-corrected chi connectivity index (χ0v) is 11.3. The lowest BCUT2D eigenvalue weighted by atomic mass is 10.1. The average Bonchev–Trinajstić information content (AvgIpc) is 3.24. The van der Waals surface area contributed by atoms with Crippen LogP contribution in [0.5, 0.6) is 11.5 Å². The van der Waals surface area contributed by atoms with Crippen molar-refractivity contribution in [2.45, 2.75) is 25.2 Å². The number of hydrogen-bond acceptors (Lipinski definition) is 5. The van der Waals surface area contributed by atoms with Gasteiger partial charge in [0.05, 0.1) is 5.69 Å². The molecule has 0 aliphatic heterocycles. The molecule has 0 spiro atoms. The molecule has 116 valence electrons. The molecule has 1 saturated carbocycles. The monoisotopic (exact) mass is 311 g/mol. The van der Waals surface area contributed by atoms with Crippen molar-refractivity contribution in [2.24, 2.45) is 0 Å². The summed E-state index contributed by atoms with van der Waals surface area (Å²) < 4.78 is 40.5. The topological polar surface area (TPSA) is 67.3 Å². The van der Waals surface area contributed by atoms with Crippen LogP contribution in [0.1, 0.15) is 12.8 Å². The highest BCUT2D eigenvalue weighted by atomic mass is 19.4. The summed E-state index contributed by atoms with van der Waals surface area (Å²) in [6, 6.07) is 6.87. The lowest BCUT2D eigenvalue weighted by Gasteiger charge is -2.11. The number of benzene rings is 1. The largest absolute Gasteiger partial charge is 0.573 e. The SMILES string of the molecule is Oc1ccc(OC(F)(F)F)cc1-c1ccc(NC2CC2)nn1. The molecule has 0 radical (unpaired) electrons. The molecular weight excluding hydrogens is 299 g/mol. The van der Waals surface area contributed by atoms with E-state index in [1.807, 2.05) is 0 Å². The van der Waals surface area contributed by atoms with Gasteiger partial charge in [-0.1, -0.05) is 0 Å². The first kappa shape index (κ1) is 14.4. The minimum Gasteiger partial charge on any atom is -0.507 e. The summed E-state index contributed by atoms with van der Waals surface area (Å²) in [5, 5.41) is 20.8. The van der Waals surface area contributed by atoms with Gasteiger partial charge in [-0.25, -0.2) is 0 Å². The normalized spacial score (nSPS) is 14.7. The van der Waals surface area contributed by atoms with Gasteiger partial charge in [0.25, 0.3) is 0 Å². The van der Waals surface area contributed by atoms with Crippen molar-refractivity contribution in [1.29, 1.82) is 0 Å². The van der Waals surface area contributed by atoms with Crippen molar-refractivity contribution in [1.82, 2.24) is 10.2 Å². The molecule has 0 amide bonds. The molecule has 2 N–H and O–H groups in total. The van der Waals surface area contributed by atoms with Gasteiger partial charge in [-0.05, 0) is 43.2 Å². The summed E-state index contributed by atoms with van der Waals surface area (Å²) in [6.07, 6.45) is -2.62. The summed E-state index contributed by atoms with van der Waals surface area (Å²) in [4.78, 5) is 0. The predicted octanol–water partition coefficient (Wildman–Crippen LogP) is 3.32. The number of aromatic nitrogens is 2. The molecule has 0 atom stereocenters. The van der Waals surface area contributed by atoms with E-state index in [-0.39, 0.29) is 17.0 Å². The third-order valence-electron chi connectivity index (χ3n) is 3.07. The van der Waals surface area contributed by atoms with Gasteiger partial charge in [0.2, 0.25) is 0 Å². The molecule has 1 aromatic heterocycles. The van der Waals surface area contributed by atoms with Gasteiger partial charge < -0.3 is 15.2 Å².